The molecule has 0 spiro atoms. The summed E-state index contributed by atoms with van der Waals surface area (Å²) in [6, 6.07) is 6.06. The third-order valence-electron chi connectivity index (χ3n) is 1.92. The Bertz CT molecular complexity index is 368. The van der Waals surface area contributed by atoms with Crippen molar-refractivity contribution in [2.24, 2.45) is 5.92 Å². The third kappa shape index (κ3) is 3.09. The molecular weight excluding hydrogens is 194 g/mol. The van der Waals surface area contributed by atoms with Gasteiger partial charge in [-0.1, -0.05) is 13.8 Å². The zero-order valence-electron chi connectivity index (χ0n) is 8.65. The van der Waals surface area contributed by atoms with Crippen LogP contribution in [0.3, 0.4) is 0 Å². The van der Waals surface area contributed by atoms with Crippen LogP contribution in [-0.2, 0) is 4.79 Å². The van der Waals surface area contributed by atoms with Gasteiger partial charge in [-0.25, -0.2) is 4.79 Å². The molecule has 0 bridgehead atoms. The van der Waals surface area contributed by atoms with Gasteiger partial charge in [-0.2, -0.15) is 0 Å². The average molecular weight is 207 g/mol. The Balaban J connectivity index is 2.73. The standard InChI is InChI=1S/C11H13NO3/c1-7(2)10(13)12-9-5-3-8(4-6-9)11(14)15/h3-7H,1-2H3,(H,12,13)(H,14,15). The smallest absolute Gasteiger partial charge is 0.335 e. The second-order valence-corrected chi connectivity index (χ2v) is 3.53. The first-order valence-electron chi connectivity index (χ1n) is 4.65. The van der Waals surface area contributed by atoms with Gasteiger partial charge in [0.05, 0.1) is 5.56 Å². The molecule has 0 aliphatic heterocycles. The van der Waals surface area contributed by atoms with Crippen molar-refractivity contribution in [3.8, 4) is 0 Å². The van der Waals surface area contributed by atoms with Crippen LogP contribution in [0.4, 0.5) is 5.69 Å². The number of carbonyl (C=O) groups excluding carboxylic acids is 1. The maximum absolute atomic E-state index is 11.3. The molecule has 0 aliphatic carbocycles. The molecule has 0 fully saturated rings. The maximum Gasteiger partial charge on any atom is 0.335 e. The van der Waals surface area contributed by atoms with E-state index < -0.39 is 5.97 Å². The fourth-order valence-electron chi connectivity index (χ4n) is 0.983. The van der Waals surface area contributed by atoms with Gasteiger partial charge in [0.15, 0.2) is 0 Å². The molecular formula is C11H13NO3. The highest BCUT2D eigenvalue weighted by molar-refractivity contribution is 5.93. The van der Waals surface area contributed by atoms with E-state index in [4.69, 9.17) is 5.11 Å². The first-order chi connectivity index (χ1) is 7.00. The molecule has 1 aromatic rings. The van der Waals surface area contributed by atoms with Gasteiger partial charge in [-0.05, 0) is 24.3 Å². The van der Waals surface area contributed by atoms with E-state index in [0.29, 0.717) is 5.69 Å². The highest BCUT2D eigenvalue weighted by atomic mass is 16.4. The van der Waals surface area contributed by atoms with E-state index in [-0.39, 0.29) is 17.4 Å². The summed E-state index contributed by atoms with van der Waals surface area (Å²) < 4.78 is 0. The van der Waals surface area contributed by atoms with E-state index in [1.807, 2.05) is 0 Å². The number of hydrogen-bond acceptors (Lipinski definition) is 2. The third-order valence-corrected chi connectivity index (χ3v) is 1.92. The molecule has 0 saturated heterocycles. The van der Waals surface area contributed by atoms with Gasteiger partial charge in [-0.15, -0.1) is 0 Å². The maximum atomic E-state index is 11.3. The van der Waals surface area contributed by atoms with Crippen LogP contribution in [0.15, 0.2) is 24.3 Å². The molecule has 15 heavy (non-hydrogen) atoms. The Kier molecular flexibility index (Phi) is 3.44. The quantitative estimate of drug-likeness (QED) is 0.796. The predicted molar refractivity (Wildman–Crippen MR) is 56.9 cm³/mol. The van der Waals surface area contributed by atoms with Crippen LogP contribution in [0.2, 0.25) is 0 Å². The lowest BCUT2D eigenvalue weighted by atomic mass is 10.2. The summed E-state index contributed by atoms with van der Waals surface area (Å²) in [5.74, 6) is -1.15. The molecule has 0 aliphatic rings. The Morgan fingerprint density at radius 3 is 2.13 bits per heavy atom. The molecule has 4 nitrogen and oxygen atoms in total. The van der Waals surface area contributed by atoms with Crippen molar-refractivity contribution in [2.45, 2.75) is 13.8 Å². The molecule has 0 heterocycles. The van der Waals surface area contributed by atoms with Gasteiger partial charge >= 0.3 is 5.97 Å². The van der Waals surface area contributed by atoms with Crippen LogP contribution in [0, 0.1) is 5.92 Å². The number of nitrogens with one attached hydrogen (secondary N) is 1. The Morgan fingerprint density at radius 1 is 1.20 bits per heavy atom. The lowest BCUT2D eigenvalue weighted by molar-refractivity contribution is -0.118. The molecule has 80 valence electrons. The number of amides is 1. The van der Waals surface area contributed by atoms with Crippen LogP contribution in [0.25, 0.3) is 0 Å². The predicted octanol–water partition coefficient (Wildman–Crippen LogP) is 1.98. The number of carboxylic acid groups (broad SMARTS) is 1. The van der Waals surface area contributed by atoms with Crippen molar-refractivity contribution in [1.82, 2.24) is 0 Å². The van der Waals surface area contributed by atoms with Crippen LogP contribution in [-0.4, -0.2) is 17.0 Å². The Labute approximate surface area is 87.9 Å². The zero-order valence-corrected chi connectivity index (χ0v) is 8.65. The molecule has 2 N–H and O–H groups in total. The lowest BCUT2D eigenvalue weighted by Crippen LogP contribution is -2.17. The van der Waals surface area contributed by atoms with Crippen molar-refractivity contribution >= 4 is 17.6 Å². The minimum absolute atomic E-state index is 0.0851. The summed E-state index contributed by atoms with van der Waals surface area (Å²) in [5, 5.41) is 11.3. The summed E-state index contributed by atoms with van der Waals surface area (Å²) in [4.78, 5) is 21.9. The molecule has 1 aromatic carbocycles. The molecule has 0 unspecified atom stereocenters. The molecule has 4 heteroatoms. The summed E-state index contributed by atoms with van der Waals surface area (Å²) in [5.41, 5.74) is 0.816. The van der Waals surface area contributed by atoms with Crippen molar-refractivity contribution in [2.75, 3.05) is 5.32 Å². The van der Waals surface area contributed by atoms with E-state index in [1.54, 1.807) is 26.0 Å². The number of carbonyl (C=O) groups is 2. The van der Waals surface area contributed by atoms with Gasteiger partial charge in [-0.3, -0.25) is 4.79 Å². The van der Waals surface area contributed by atoms with Crippen LogP contribution in [0.5, 0.6) is 0 Å². The zero-order chi connectivity index (χ0) is 11.4. The van der Waals surface area contributed by atoms with Gasteiger partial charge in [0.2, 0.25) is 5.91 Å². The van der Waals surface area contributed by atoms with E-state index in [2.05, 4.69) is 5.32 Å². The lowest BCUT2D eigenvalue weighted by Gasteiger charge is -2.07. The number of aromatic carboxylic acids is 1. The first kappa shape index (κ1) is 11.2. The van der Waals surface area contributed by atoms with Crippen LogP contribution < -0.4 is 5.32 Å². The highest BCUT2D eigenvalue weighted by Gasteiger charge is 2.07. The molecule has 0 aromatic heterocycles. The van der Waals surface area contributed by atoms with Crippen molar-refractivity contribution in [3.05, 3.63) is 29.8 Å². The van der Waals surface area contributed by atoms with E-state index >= 15 is 0 Å². The topological polar surface area (TPSA) is 66.4 Å². The Morgan fingerprint density at radius 2 is 1.73 bits per heavy atom. The van der Waals surface area contributed by atoms with E-state index in [9.17, 15) is 9.59 Å². The monoisotopic (exact) mass is 207 g/mol. The second-order valence-electron chi connectivity index (χ2n) is 3.53. The van der Waals surface area contributed by atoms with Gasteiger partial charge < -0.3 is 10.4 Å². The second kappa shape index (κ2) is 4.59. The van der Waals surface area contributed by atoms with Crippen molar-refractivity contribution in [3.63, 3.8) is 0 Å². The summed E-state index contributed by atoms with van der Waals surface area (Å²) >= 11 is 0. The minimum atomic E-state index is -0.975. The molecule has 1 rings (SSSR count). The largest absolute Gasteiger partial charge is 0.478 e. The summed E-state index contributed by atoms with van der Waals surface area (Å²) in [7, 11) is 0. The van der Waals surface area contributed by atoms with Crippen LogP contribution >= 0.6 is 0 Å². The number of rotatable bonds is 3. The SMILES string of the molecule is CC(C)C(=O)Nc1ccc(C(=O)O)cc1. The fourth-order valence-corrected chi connectivity index (χ4v) is 0.983. The number of anilines is 1. The van der Waals surface area contributed by atoms with Crippen molar-refractivity contribution < 1.29 is 14.7 Å². The number of hydrogen-bond donors (Lipinski definition) is 2. The van der Waals surface area contributed by atoms with Gasteiger partial charge in [0, 0.05) is 11.6 Å². The van der Waals surface area contributed by atoms with E-state index in [1.165, 1.54) is 12.1 Å². The fraction of sp³-hybridized carbons (Fsp3) is 0.273. The molecule has 0 saturated carbocycles. The normalized spacial score (nSPS) is 10.1. The molecule has 1 amide bonds. The minimum Gasteiger partial charge on any atom is -0.478 e. The summed E-state index contributed by atoms with van der Waals surface area (Å²) in [6.07, 6.45) is 0. The molecule has 0 atom stereocenters. The highest BCUT2D eigenvalue weighted by Crippen LogP contribution is 2.10. The van der Waals surface area contributed by atoms with Gasteiger partial charge in [0.25, 0.3) is 0 Å². The molecule has 0 radical (unpaired) electrons. The number of carboxylic acids is 1. The van der Waals surface area contributed by atoms with Crippen LogP contribution in [0.1, 0.15) is 24.2 Å². The van der Waals surface area contributed by atoms with Gasteiger partial charge in [0.1, 0.15) is 0 Å². The number of benzene rings is 1. The Hall–Kier alpha value is -1.84. The van der Waals surface area contributed by atoms with Crippen molar-refractivity contribution in [1.29, 1.82) is 0 Å². The summed E-state index contributed by atoms with van der Waals surface area (Å²) in [6.45, 7) is 3.59. The average Bonchev–Trinajstić information content (AvgIpc) is 2.18. The van der Waals surface area contributed by atoms with E-state index in [0.717, 1.165) is 0 Å². The first-order valence-corrected chi connectivity index (χ1v) is 4.65.